The fraction of sp³-hybridized carbons (Fsp3) is 0.692. The Labute approximate surface area is 122 Å². The van der Waals surface area contributed by atoms with Crippen molar-refractivity contribution in [1.82, 2.24) is 0 Å². The van der Waals surface area contributed by atoms with Gasteiger partial charge in [-0.1, -0.05) is 0 Å². The summed E-state index contributed by atoms with van der Waals surface area (Å²) in [6, 6.07) is 0. The van der Waals surface area contributed by atoms with Gasteiger partial charge in [-0.2, -0.15) is 0 Å². The van der Waals surface area contributed by atoms with Crippen LogP contribution >= 0.6 is 0 Å². The van der Waals surface area contributed by atoms with E-state index in [4.69, 9.17) is 9.47 Å². The number of rotatable bonds is 4. The van der Waals surface area contributed by atoms with Gasteiger partial charge in [0.05, 0.1) is 21.3 Å². The SMILES string of the molecule is COC(=O)C(C(=O)OC)C1CC(=O)C(OC)=NC1(C)OC. The molecule has 0 aliphatic carbocycles. The molecule has 118 valence electrons. The topological polar surface area (TPSA) is 100 Å². The van der Waals surface area contributed by atoms with Crippen LogP contribution in [0.1, 0.15) is 13.3 Å². The van der Waals surface area contributed by atoms with Gasteiger partial charge in [-0.05, 0) is 6.92 Å². The molecule has 1 heterocycles. The van der Waals surface area contributed by atoms with Crippen molar-refractivity contribution in [3.8, 4) is 0 Å². The number of esters is 2. The molecule has 8 nitrogen and oxygen atoms in total. The quantitative estimate of drug-likeness (QED) is 0.530. The van der Waals surface area contributed by atoms with E-state index in [1.54, 1.807) is 6.92 Å². The number of carbonyl (C=O) groups excluding carboxylic acids is 3. The Morgan fingerprint density at radius 3 is 2.10 bits per heavy atom. The molecule has 1 aliphatic heterocycles. The van der Waals surface area contributed by atoms with Crippen LogP contribution < -0.4 is 0 Å². The van der Waals surface area contributed by atoms with Gasteiger partial charge in [-0.3, -0.25) is 14.4 Å². The van der Waals surface area contributed by atoms with E-state index in [2.05, 4.69) is 14.5 Å². The van der Waals surface area contributed by atoms with Crippen molar-refractivity contribution in [2.75, 3.05) is 28.4 Å². The summed E-state index contributed by atoms with van der Waals surface area (Å²) in [6.45, 7) is 1.56. The minimum Gasteiger partial charge on any atom is -0.479 e. The summed E-state index contributed by atoms with van der Waals surface area (Å²) in [7, 11) is 4.98. The maximum atomic E-state index is 12.0. The zero-order chi connectivity index (χ0) is 16.2. The minimum absolute atomic E-state index is 0.107. The van der Waals surface area contributed by atoms with Crippen LogP contribution in [0.25, 0.3) is 0 Å². The van der Waals surface area contributed by atoms with Gasteiger partial charge >= 0.3 is 11.9 Å². The van der Waals surface area contributed by atoms with Gasteiger partial charge in [0.15, 0.2) is 11.6 Å². The lowest BCUT2D eigenvalue weighted by Crippen LogP contribution is -2.51. The Bertz CT molecular complexity index is 457. The average molecular weight is 301 g/mol. The summed E-state index contributed by atoms with van der Waals surface area (Å²) in [5, 5.41) is 0. The first kappa shape index (κ1) is 17.1. The van der Waals surface area contributed by atoms with Gasteiger partial charge in [0.2, 0.25) is 5.78 Å². The molecule has 1 rings (SSSR count). The molecule has 2 unspecified atom stereocenters. The molecule has 0 aromatic carbocycles. The first-order valence-electron chi connectivity index (χ1n) is 6.22. The van der Waals surface area contributed by atoms with Crippen LogP contribution in [-0.4, -0.2) is 57.8 Å². The Kier molecular flexibility index (Phi) is 5.42. The van der Waals surface area contributed by atoms with Gasteiger partial charge in [-0.15, -0.1) is 0 Å². The van der Waals surface area contributed by atoms with Crippen molar-refractivity contribution in [2.45, 2.75) is 19.1 Å². The van der Waals surface area contributed by atoms with Gasteiger partial charge in [0.1, 0.15) is 0 Å². The van der Waals surface area contributed by atoms with Gasteiger partial charge < -0.3 is 18.9 Å². The third-order valence-corrected chi connectivity index (χ3v) is 3.57. The summed E-state index contributed by atoms with van der Waals surface area (Å²) in [6.07, 6.45) is -0.147. The first-order chi connectivity index (χ1) is 9.84. The minimum atomic E-state index is -1.31. The third kappa shape index (κ3) is 3.21. The lowest BCUT2D eigenvalue weighted by molar-refractivity contribution is -0.169. The number of methoxy groups -OCH3 is 4. The molecule has 0 aromatic heterocycles. The highest BCUT2D eigenvalue weighted by atomic mass is 16.5. The van der Waals surface area contributed by atoms with E-state index in [9.17, 15) is 14.4 Å². The van der Waals surface area contributed by atoms with Crippen molar-refractivity contribution in [3.63, 3.8) is 0 Å². The zero-order valence-corrected chi connectivity index (χ0v) is 12.7. The van der Waals surface area contributed by atoms with E-state index in [0.717, 1.165) is 14.2 Å². The summed E-state index contributed by atoms with van der Waals surface area (Å²) in [5.41, 5.74) is -1.29. The molecular formula is C13H19NO7. The molecule has 2 atom stereocenters. The molecule has 0 radical (unpaired) electrons. The smallest absolute Gasteiger partial charge is 0.320 e. The average Bonchev–Trinajstić information content (AvgIpc) is 2.49. The fourth-order valence-electron chi connectivity index (χ4n) is 2.29. The highest BCUT2D eigenvalue weighted by Gasteiger charge is 2.52. The van der Waals surface area contributed by atoms with Crippen molar-refractivity contribution in [3.05, 3.63) is 0 Å². The van der Waals surface area contributed by atoms with E-state index < -0.39 is 35.3 Å². The van der Waals surface area contributed by atoms with E-state index in [-0.39, 0.29) is 12.3 Å². The van der Waals surface area contributed by atoms with Crippen molar-refractivity contribution in [1.29, 1.82) is 0 Å². The van der Waals surface area contributed by atoms with Crippen LogP contribution in [0.3, 0.4) is 0 Å². The molecule has 1 aliphatic rings. The lowest BCUT2D eigenvalue weighted by atomic mass is 9.78. The maximum absolute atomic E-state index is 12.0. The molecule has 0 spiro atoms. The van der Waals surface area contributed by atoms with Crippen LogP contribution in [0.5, 0.6) is 0 Å². The molecule has 0 bridgehead atoms. The number of Topliss-reactive ketones (excluding diaryl/α,β-unsaturated/α-hetero) is 1. The summed E-state index contributed by atoms with van der Waals surface area (Å²) < 4.78 is 19.5. The maximum Gasteiger partial charge on any atom is 0.320 e. The number of ketones is 1. The van der Waals surface area contributed by atoms with Crippen LogP contribution in [-0.2, 0) is 33.3 Å². The number of nitrogens with zero attached hydrogens (tertiary/aromatic N) is 1. The zero-order valence-electron chi connectivity index (χ0n) is 12.7. The normalized spacial score (nSPS) is 25.3. The molecule has 8 heteroatoms. The van der Waals surface area contributed by atoms with Crippen LogP contribution in [0, 0.1) is 11.8 Å². The highest BCUT2D eigenvalue weighted by molar-refractivity contribution is 6.37. The van der Waals surface area contributed by atoms with Gasteiger partial charge in [0, 0.05) is 19.4 Å². The monoisotopic (exact) mass is 301 g/mol. The van der Waals surface area contributed by atoms with Crippen molar-refractivity contribution >= 4 is 23.6 Å². The Balaban J connectivity index is 3.30. The molecule has 0 amide bonds. The van der Waals surface area contributed by atoms with Crippen molar-refractivity contribution < 1.29 is 33.3 Å². The Morgan fingerprint density at radius 2 is 1.71 bits per heavy atom. The molecule has 0 N–H and O–H groups in total. The molecule has 0 fully saturated rings. The molecule has 0 aromatic rings. The van der Waals surface area contributed by atoms with E-state index in [0.29, 0.717) is 0 Å². The number of aliphatic imine (C=N–C) groups is 1. The summed E-state index contributed by atoms with van der Waals surface area (Å²) >= 11 is 0. The highest BCUT2D eigenvalue weighted by Crippen LogP contribution is 2.37. The summed E-state index contributed by atoms with van der Waals surface area (Å²) in [4.78, 5) is 39.8. The van der Waals surface area contributed by atoms with Gasteiger partial charge in [0.25, 0.3) is 5.90 Å². The third-order valence-electron chi connectivity index (χ3n) is 3.57. The Hall–Kier alpha value is -1.96. The molecular weight excluding hydrogens is 282 g/mol. The number of ether oxygens (including phenoxy) is 4. The second-order valence-electron chi connectivity index (χ2n) is 4.64. The predicted octanol–water partition coefficient (Wildman–Crippen LogP) is -0.0549. The standard InChI is InChI=1S/C13H19NO7/c1-13(21-5)7(6-8(15)10(14-13)18-2)9(11(16)19-3)12(17)20-4/h7,9H,6H2,1-5H3. The van der Waals surface area contributed by atoms with Crippen LogP contribution in [0.15, 0.2) is 4.99 Å². The molecule has 0 saturated heterocycles. The largest absolute Gasteiger partial charge is 0.479 e. The molecule has 21 heavy (non-hydrogen) atoms. The van der Waals surface area contributed by atoms with E-state index in [1.165, 1.54) is 14.2 Å². The second kappa shape index (κ2) is 6.66. The predicted molar refractivity (Wildman–Crippen MR) is 70.5 cm³/mol. The number of hydrogen-bond acceptors (Lipinski definition) is 8. The first-order valence-corrected chi connectivity index (χ1v) is 6.22. The van der Waals surface area contributed by atoms with Gasteiger partial charge in [-0.25, -0.2) is 4.99 Å². The lowest BCUT2D eigenvalue weighted by Gasteiger charge is -2.38. The van der Waals surface area contributed by atoms with Crippen LogP contribution in [0.2, 0.25) is 0 Å². The molecule has 0 saturated carbocycles. The van der Waals surface area contributed by atoms with Crippen molar-refractivity contribution in [2.24, 2.45) is 16.8 Å². The Morgan fingerprint density at radius 1 is 1.19 bits per heavy atom. The fourth-order valence-corrected chi connectivity index (χ4v) is 2.29. The summed E-state index contributed by atoms with van der Waals surface area (Å²) in [5.74, 6) is -4.30. The van der Waals surface area contributed by atoms with E-state index >= 15 is 0 Å². The number of hydrogen-bond donors (Lipinski definition) is 0. The van der Waals surface area contributed by atoms with Crippen LogP contribution in [0.4, 0.5) is 0 Å². The van der Waals surface area contributed by atoms with E-state index in [1.807, 2.05) is 0 Å². The second-order valence-corrected chi connectivity index (χ2v) is 4.64. The number of carbonyl (C=O) groups is 3.